The van der Waals surface area contributed by atoms with Crippen molar-refractivity contribution in [1.82, 2.24) is 9.97 Å². The Bertz CT molecular complexity index is 475. The molecular formula is C11H13F3N2O3. The molecular weight excluding hydrogens is 265 g/mol. The van der Waals surface area contributed by atoms with Crippen LogP contribution in [0.3, 0.4) is 0 Å². The average Bonchev–Trinajstić information content (AvgIpc) is 2.27. The van der Waals surface area contributed by atoms with Crippen LogP contribution in [0.5, 0.6) is 5.75 Å². The van der Waals surface area contributed by atoms with Crippen LogP contribution in [0, 0.1) is 0 Å². The zero-order chi connectivity index (χ0) is 14.8. The lowest BCUT2D eigenvalue weighted by Crippen LogP contribution is -2.32. The SMILES string of the molecule is CC(C)c1ncc(OC(C)C(F)(F)F)c(C(=O)O)n1. The monoisotopic (exact) mass is 278 g/mol. The van der Waals surface area contributed by atoms with Gasteiger partial charge >= 0.3 is 12.1 Å². The molecule has 0 aliphatic rings. The molecule has 8 heteroatoms. The third-order valence-electron chi connectivity index (χ3n) is 2.26. The molecule has 0 aliphatic carbocycles. The third kappa shape index (κ3) is 3.80. The molecule has 1 aromatic heterocycles. The van der Waals surface area contributed by atoms with Gasteiger partial charge in [0.1, 0.15) is 5.82 Å². The number of hydrogen-bond acceptors (Lipinski definition) is 4. The van der Waals surface area contributed by atoms with Crippen LogP contribution < -0.4 is 4.74 Å². The molecule has 0 aliphatic heterocycles. The highest BCUT2D eigenvalue weighted by atomic mass is 19.4. The van der Waals surface area contributed by atoms with Crippen molar-refractivity contribution >= 4 is 5.97 Å². The Morgan fingerprint density at radius 2 is 1.95 bits per heavy atom. The number of alkyl halides is 3. The number of aromatic nitrogens is 2. The van der Waals surface area contributed by atoms with Crippen LogP contribution in [-0.4, -0.2) is 33.3 Å². The summed E-state index contributed by atoms with van der Waals surface area (Å²) in [4.78, 5) is 18.5. The molecule has 0 saturated heterocycles. The van der Waals surface area contributed by atoms with E-state index in [0.717, 1.165) is 13.1 Å². The van der Waals surface area contributed by atoms with Crippen LogP contribution in [0.1, 0.15) is 43.0 Å². The number of carbonyl (C=O) groups is 1. The molecule has 1 unspecified atom stereocenters. The molecule has 1 aromatic rings. The van der Waals surface area contributed by atoms with Gasteiger partial charge in [0, 0.05) is 5.92 Å². The summed E-state index contributed by atoms with van der Waals surface area (Å²) in [5, 5.41) is 8.94. The van der Waals surface area contributed by atoms with Gasteiger partial charge in [0.05, 0.1) is 6.20 Å². The van der Waals surface area contributed by atoms with E-state index in [4.69, 9.17) is 5.11 Å². The summed E-state index contributed by atoms with van der Waals surface area (Å²) in [5.41, 5.74) is -0.574. The summed E-state index contributed by atoms with van der Waals surface area (Å²) in [6.07, 6.45) is -5.78. The Morgan fingerprint density at radius 1 is 1.37 bits per heavy atom. The summed E-state index contributed by atoms with van der Waals surface area (Å²) in [6.45, 7) is 4.25. The second-order valence-corrected chi connectivity index (χ2v) is 4.20. The molecule has 0 spiro atoms. The van der Waals surface area contributed by atoms with Crippen LogP contribution in [0.25, 0.3) is 0 Å². The fourth-order valence-corrected chi connectivity index (χ4v) is 1.16. The summed E-state index contributed by atoms with van der Waals surface area (Å²) >= 11 is 0. The Labute approximate surface area is 107 Å². The standard InChI is InChI=1S/C11H13F3N2O3/c1-5(2)9-15-4-7(8(16-9)10(17)18)19-6(3)11(12,13)14/h4-6H,1-3H3,(H,17,18). The summed E-state index contributed by atoms with van der Waals surface area (Å²) in [6, 6.07) is 0. The minimum atomic E-state index is -4.59. The van der Waals surface area contributed by atoms with Crippen molar-refractivity contribution in [3.8, 4) is 5.75 Å². The number of halogens is 3. The van der Waals surface area contributed by atoms with Gasteiger partial charge in [-0.25, -0.2) is 14.8 Å². The largest absolute Gasteiger partial charge is 0.477 e. The molecule has 1 N–H and O–H groups in total. The van der Waals surface area contributed by atoms with Crippen LogP contribution in [0.15, 0.2) is 6.20 Å². The van der Waals surface area contributed by atoms with E-state index in [1.54, 1.807) is 13.8 Å². The van der Waals surface area contributed by atoms with E-state index >= 15 is 0 Å². The van der Waals surface area contributed by atoms with Gasteiger partial charge in [-0.2, -0.15) is 13.2 Å². The quantitative estimate of drug-likeness (QED) is 0.916. The second kappa shape index (κ2) is 5.41. The number of nitrogens with zero attached hydrogens (tertiary/aromatic N) is 2. The molecule has 0 radical (unpaired) electrons. The highest BCUT2D eigenvalue weighted by Crippen LogP contribution is 2.26. The minimum absolute atomic E-state index is 0.146. The molecule has 0 amide bonds. The Morgan fingerprint density at radius 3 is 2.37 bits per heavy atom. The molecule has 19 heavy (non-hydrogen) atoms. The van der Waals surface area contributed by atoms with Crippen molar-refractivity contribution in [2.45, 2.75) is 39.0 Å². The van der Waals surface area contributed by atoms with E-state index in [0.29, 0.717) is 0 Å². The van der Waals surface area contributed by atoms with Gasteiger partial charge in [-0.3, -0.25) is 0 Å². The van der Waals surface area contributed by atoms with Gasteiger partial charge in [0.2, 0.25) is 0 Å². The minimum Gasteiger partial charge on any atom is -0.477 e. The maximum atomic E-state index is 12.4. The number of carboxylic acid groups (broad SMARTS) is 1. The van der Waals surface area contributed by atoms with Crippen LogP contribution in [0.2, 0.25) is 0 Å². The zero-order valence-corrected chi connectivity index (χ0v) is 10.5. The van der Waals surface area contributed by atoms with E-state index in [2.05, 4.69) is 14.7 Å². The van der Waals surface area contributed by atoms with Crippen molar-refractivity contribution in [2.75, 3.05) is 0 Å². The Kier molecular flexibility index (Phi) is 4.33. The molecule has 1 heterocycles. The zero-order valence-electron chi connectivity index (χ0n) is 10.5. The van der Waals surface area contributed by atoms with Crippen LogP contribution in [-0.2, 0) is 0 Å². The van der Waals surface area contributed by atoms with Crippen molar-refractivity contribution < 1.29 is 27.8 Å². The van der Waals surface area contributed by atoms with Crippen molar-refractivity contribution in [1.29, 1.82) is 0 Å². The van der Waals surface area contributed by atoms with Crippen molar-refractivity contribution in [3.63, 3.8) is 0 Å². The maximum absolute atomic E-state index is 12.4. The number of carboxylic acids is 1. The van der Waals surface area contributed by atoms with Gasteiger partial charge in [0.25, 0.3) is 0 Å². The normalized spacial score (nSPS) is 13.4. The van der Waals surface area contributed by atoms with E-state index in [-0.39, 0.29) is 11.7 Å². The number of aromatic carboxylic acids is 1. The van der Waals surface area contributed by atoms with E-state index in [1.165, 1.54) is 0 Å². The number of hydrogen-bond donors (Lipinski definition) is 1. The number of ether oxygens (including phenoxy) is 1. The van der Waals surface area contributed by atoms with E-state index in [9.17, 15) is 18.0 Å². The second-order valence-electron chi connectivity index (χ2n) is 4.20. The topological polar surface area (TPSA) is 72.3 Å². The smallest absolute Gasteiger partial charge is 0.425 e. The average molecular weight is 278 g/mol. The van der Waals surface area contributed by atoms with E-state index in [1.807, 2.05) is 0 Å². The lowest BCUT2D eigenvalue weighted by atomic mass is 10.2. The first-order valence-electron chi connectivity index (χ1n) is 5.46. The van der Waals surface area contributed by atoms with Crippen LogP contribution in [0.4, 0.5) is 13.2 Å². The summed E-state index contributed by atoms with van der Waals surface area (Å²) in [7, 11) is 0. The highest BCUT2D eigenvalue weighted by molar-refractivity contribution is 5.88. The molecule has 0 fully saturated rings. The van der Waals surface area contributed by atoms with Crippen LogP contribution >= 0.6 is 0 Å². The first kappa shape index (κ1) is 15.2. The fourth-order valence-electron chi connectivity index (χ4n) is 1.16. The fraction of sp³-hybridized carbons (Fsp3) is 0.545. The summed E-state index contributed by atoms with van der Waals surface area (Å²) < 4.78 is 41.7. The first-order valence-corrected chi connectivity index (χ1v) is 5.46. The first-order chi connectivity index (χ1) is 8.62. The van der Waals surface area contributed by atoms with Gasteiger partial charge in [-0.05, 0) is 6.92 Å². The molecule has 1 rings (SSSR count). The Balaban J connectivity index is 3.11. The molecule has 1 atom stereocenters. The van der Waals surface area contributed by atoms with Gasteiger partial charge < -0.3 is 9.84 Å². The van der Waals surface area contributed by atoms with Gasteiger partial charge in [0.15, 0.2) is 17.5 Å². The molecule has 0 aromatic carbocycles. The molecule has 0 bridgehead atoms. The molecule has 106 valence electrons. The summed E-state index contributed by atoms with van der Waals surface area (Å²) in [5.74, 6) is -1.88. The van der Waals surface area contributed by atoms with Gasteiger partial charge in [-0.1, -0.05) is 13.8 Å². The predicted molar refractivity (Wildman–Crippen MR) is 59.2 cm³/mol. The lowest BCUT2D eigenvalue weighted by Gasteiger charge is -2.18. The highest BCUT2D eigenvalue weighted by Gasteiger charge is 2.39. The third-order valence-corrected chi connectivity index (χ3v) is 2.26. The van der Waals surface area contributed by atoms with E-state index < -0.39 is 29.7 Å². The maximum Gasteiger partial charge on any atom is 0.425 e. The molecule has 5 nitrogen and oxygen atoms in total. The van der Waals surface area contributed by atoms with Crippen molar-refractivity contribution in [2.24, 2.45) is 0 Å². The lowest BCUT2D eigenvalue weighted by molar-refractivity contribution is -0.189. The van der Waals surface area contributed by atoms with Crippen molar-refractivity contribution in [3.05, 3.63) is 17.7 Å². The molecule has 0 saturated carbocycles. The number of rotatable bonds is 4. The predicted octanol–water partition coefficient (Wildman–Crippen LogP) is 2.63. The Hall–Kier alpha value is -1.86. The van der Waals surface area contributed by atoms with Gasteiger partial charge in [-0.15, -0.1) is 0 Å².